The molecule has 1 aliphatic rings. The van der Waals surface area contributed by atoms with Crippen LogP contribution in [0.4, 0.5) is 0 Å². The number of benzene rings is 4. The Morgan fingerprint density at radius 1 is 0.356 bits per heavy atom. The Balaban J connectivity index is 1.51. The van der Waals surface area contributed by atoms with E-state index in [0.717, 1.165) is 33.4 Å². The summed E-state index contributed by atoms with van der Waals surface area (Å²) in [6.45, 7) is 23.0. The first-order valence-electron chi connectivity index (χ1n) is 23.9. The number of rotatable bonds is 34. The maximum absolute atomic E-state index is 11.9. The van der Waals surface area contributed by atoms with E-state index in [1.54, 1.807) is 27.7 Å². The summed E-state index contributed by atoms with van der Waals surface area (Å²) < 4.78 is 69.5. The van der Waals surface area contributed by atoms with Gasteiger partial charge in [-0.1, -0.05) is 87.0 Å². The molecule has 1 aliphatic carbocycles. The number of carbonyl (C=O) groups is 4. The Hall–Kier alpha value is -7.24. The van der Waals surface area contributed by atoms with Crippen molar-refractivity contribution in [2.75, 3.05) is 106 Å². The Morgan fingerprint density at radius 2 is 0.644 bits per heavy atom. The fraction of sp³-hybridized carbons (Fsp3) is 0.368. The Bertz CT molecular complexity index is 2390. The van der Waals surface area contributed by atoms with Crippen LogP contribution in [0.5, 0.6) is 23.0 Å². The Kier molecular flexibility index (Phi) is 22.8. The van der Waals surface area contributed by atoms with E-state index in [2.05, 4.69) is 50.6 Å². The van der Waals surface area contributed by atoms with Crippen molar-refractivity contribution >= 4 is 23.9 Å². The molecular weight excluding hydrogens is 941 g/mol. The zero-order valence-electron chi connectivity index (χ0n) is 42.3. The molecule has 390 valence electrons. The van der Waals surface area contributed by atoms with E-state index < -0.39 is 29.3 Å². The van der Waals surface area contributed by atoms with Crippen LogP contribution >= 0.6 is 0 Å². The van der Waals surface area contributed by atoms with Crippen molar-refractivity contribution in [2.45, 2.75) is 33.1 Å². The number of hydrogen-bond acceptors (Lipinski definition) is 16. The van der Waals surface area contributed by atoms with Crippen LogP contribution in [0.1, 0.15) is 49.9 Å². The van der Waals surface area contributed by atoms with Crippen molar-refractivity contribution in [3.05, 3.63) is 156 Å². The summed E-state index contributed by atoms with van der Waals surface area (Å²) in [5, 5.41) is 0. The molecular formula is C57H66O16. The van der Waals surface area contributed by atoms with Crippen LogP contribution in [0.3, 0.4) is 0 Å². The number of esters is 4. The van der Waals surface area contributed by atoms with Crippen molar-refractivity contribution < 1.29 is 76.0 Å². The van der Waals surface area contributed by atoms with Gasteiger partial charge in [0.1, 0.15) is 75.9 Å². The average molecular weight is 1010 g/mol. The molecule has 0 fully saturated rings. The minimum atomic E-state index is -1.07. The first-order valence-corrected chi connectivity index (χ1v) is 23.9. The minimum absolute atomic E-state index is 0.0470. The lowest BCUT2D eigenvalue weighted by atomic mass is 9.67. The van der Waals surface area contributed by atoms with Crippen LogP contribution in [0, 0.1) is 0 Å². The van der Waals surface area contributed by atoms with Gasteiger partial charge >= 0.3 is 23.9 Å². The SMILES string of the molecule is C=C(C)C(=O)OCCOCCOc1ccc(C2(c3ccc(OCCOCCOC(=O)C(=C)C)cc3OCCOCCOC(=O)C(=C)C)c3ccccc3-c3ccccc32)c(OCCOCCOC(=O)C(=C)C)c1. The molecule has 0 aromatic heterocycles. The second-order valence-electron chi connectivity index (χ2n) is 16.7. The summed E-state index contributed by atoms with van der Waals surface area (Å²) in [5.41, 5.74) is 5.59. The van der Waals surface area contributed by atoms with E-state index in [1.165, 1.54) is 0 Å². The number of ether oxygens (including phenoxy) is 12. The van der Waals surface area contributed by atoms with Gasteiger partial charge in [-0.15, -0.1) is 0 Å². The topological polar surface area (TPSA) is 179 Å². The van der Waals surface area contributed by atoms with Gasteiger partial charge in [-0.3, -0.25) is 0 Å². The van der Waals surface area contributed by atoms with E-state index in [-0.39, 0.29) is 106 Å². The highest BCUT2D eigenvalue weighted by atomic mass is 16.6. The average Bonchev–Trinajstić information content (AvgIpc) is 3.67. The standard InChI is InChI=1S/C57H66O16/c1-39(2)53(58)70-33-25-62-21-29-66-43-17-19-49(51(37-43)68-31-23-64-27-35-72-55(60)41(5)6)57(47-15-11-9-13-45(47)46-14-10-12-16-48(46)57)50-20-18-44(67-30-22-63-26-34-71-54(59)40(3)4)38-52(50)69-32-24-65-28-36-73-56(61)42(7)8/h9-20,37-38H,1,3,5,7,21-36H2,2,4,6,8H3. The maximum Gasteiger partial charge on any atom is 0.333 e. The molecule has 16 heteroatoms. The van der Waals surface area contributed by atoms with Gasteiger partial charge in [0.05, 0.1) is 58.3 Å². The van der Waals surface area contributed by atoms with Gasteiger partial charge < -0.3 is 56.8 Å². The lowest BCUT2D eigenvalue weighted by molar-refractivity contribution is -0.141. The molecule has 16 nitrogen and oxygen atoms in total. The molecule has 5 rings (SSSR count). The van der Waals surface area contributed by atoms with Crippen LogP contribution in [0.15, 0.2) is 134 Å². The summed E-state index contributed by atoms with van der Waals surface area (Å²) >= 11 is 0. The zero-order valence-corrected chi connectivity index (χ0v) is 42.3. The molecule has 0 amide bonds. The second-order valence-corrected chi connectivity index (χ2v) is 16.7. The van der Waals surface area contributed by atoms with Crippen molar-refractivity contribution in [1.82, 2.24) is 0 Å². The smallest absolute Gasteiger partial charge is 0.333 e. The molecule has 0 radical (unpaired) electrons. The third kappa shape index (κ3) is 16.4. The fourth-order valence-corrected chi connectivity index (χ4v) is 7.54. The predicted octanol–water partition coefficient (Wildman–Crippen LogP) is 8.11. The first kappa shape index (κ1) is 56.7. The lowest BCUT2D eigenvalue weighted by Crippen LogP contribution is -2.30. The van der Waals surface area contributed by atoms with Crippen LogP contribution in [-0.2, 0) is 62.5 Å². The van der Waals surface area contributed by atoms with Crippen molar-refractivity contribution in [3.8, 4) is 34.1 Å². The van der Waals surface area contributed by atoms with Crippen molar-refractivity contribution in [3.63, 3.8) is 0 Å². The van der Waals surface area contributed by atoms with Crippen molar-refractivity contribution in [2.24, 2.45) is 0 Å². The van der Waals surface area contributed by atoms with Gasteiger partial charge in [0, 0.05) is 45.6 Å². The molecule has 4 aromatic rings. The first-order chi connectivity index (χ1) is 35.2. The largest absolute Gasteiger partial charge is 0.491 e. The monoisotopic (exact) mass is 1010 g/mol. The van der Waals surface area contributed by atoms with Gasteiger partial charge in [0.2, 0.25) is 0 Å². The molecule has 0 bridgehead atoms. The van der Waals surface area contributed by atoms with Crippen LogP contribution in [0.2, 0.25) is 0 Å². The lowest BCUT2D eigenvalue weighted by Gasteiger charge is -2.36. The summed E-state index contributed by atoms with van der Waals surface area (Å²) in [6.07, 6.45) is 0. The minimum Gasteiger partial charge on any atom is -0.491 e. The second kappa shape index (κ2) is 29.3. The Morgan fingerprint density at radius 3 is 0.959 bits per heavy atom. The molecule has 73 heavy (non-hydrogen) atoms. The summed E-state index contributed by atoms with van der Waals surface area (Å²) in [5.74, 6) is 0.00595. The molecule has 0 heterocycles. The molecule has 0 atom stereocenters. The van der Waals surface area contributed by atoms with E-state index in [4.69, 9.17) is 56.8 Å². The number of hydrogen-bond donors (Lipinski definition) is 0. The molecule has 0 aliphatic heterocycles. The molecule has 0 unspecified atom stereocenters. The van der Waals surface area contributed by atoms with Gasteiger partial charge in [0.25, 0.3) is 0 Å². The third-order valence-electron chi connectivity index (χ3n) is 10.9. The third-order valence-corrected chi connectivity index (χ3v) is 10.9. The highest BCUT2D eigenvalue weighted by Gasteiger charge is 2.49. The van der Waals surface area contributed by atoms with E-state index in [9.17, 15) is 19.2 Å². The van der Waals surface area contributed by atoms with Gasteiger partial charge in [0.15, 0.2) is 0 Å². The number of carbonyl (C=O) groups excluding carboxylic acids is 4. The van der Waals surface area contributed by atoms with Crippen LogP contribution in [-0.4, -0.2) is 130 Å². The molecule has 0 N–H and O–H groups in total. The van der Waals surface area contributed by atoms with E-state index in [1.807, 2.05) is 60.7 Å². The van der Waals surface area contributed by atoms with Crippen LogP contribution in [0.25, 0.3) is 11.1 Å². The quantitative estimate of drug-likeness (QED) is 0.0167. The summed E-state index contributed by atoms with van der Waals surface area (Å²) in [4.78, 5) is 47.4. The molecule has 0 saturated carbocycles. The summed E-state index contributed by atoms with van der Waals surface area (Å²) in [7, 11) is 0. The van der Waals surface area contributed by atoms with Crippen molar-refractivity contribution in [1.29, 1.82) is 0 Å². The molecule has 0 spiro atoms. The van der Waals surface area contributed by atoms with Gasteiger partial charge in [-0.25, -0.2) is 19.2 Å². The summed E-state index contributed by atoms with van der Waals surface area (Å²) in [6, 6.07) is 27.7. The molecule has 0 saturated heterocycles. The predicted molar refractivity (Wildman–Crippen MR) is 272 cm³/mol. The van der Waals surface area contributed by atoms with Crippen LogP contribution < -0.4 is 18.9 Å². The van der Waals surface area contributed by atoms with Gasteiger partial charge in [-0.2, -0.15) is 0 Å². The van der Waals surface area contributed by atoms with E-state index >= 15 is 0 Å². The normalized spacial score (nSPS) is 11.8. The maximum atomic E-state index is 11.9. The van der Waals surface area contributed by atoms with E-state index in [0.29, 0.717) is 45.3 Å². The van der Waals surface area contributed by atoms with Gasteiger partial charge in [-0.05, 0) is 62.1 Å². The highest BCUT2D eigenvalue weighted by Crippen LogP contribution is 2.60. The Labute approximate surface area is 427 Å². The number of fused-ring (bicyclic) bond motifs is 3. The molecule has 4 aromatic carbocycles. The zero-order chi connectivity index (χ0) is 52.6. The highest BCUT2D eigenvalue weighted by molar-refractivity contribution is 5.89. The fourth-order valence-electron chi connectivity index (χ4n) is 7.54.